The Morgan fingerprint density at radius 3 is 2.83 bits per heavy atom. The molecule has 7 heteroatoms. The number of aromatic amines is 1. The Kier molecular flexibility index (Phi) is 3.68. The summed E-state index contributed by atoms with van der Waals surface area (Å²) in [5.74, 6) is -0.589. The third-order valence-corrected chi connectivity index (χ3v) is 3.37. The lowest BCUT2D eigenvalue weighted by Crippen LogP contribution is -2.35. The summed E-state index contributed by atoms with van der Waals surface area (Å²) in [4.78, 5) is 25.7. The van der Waals surface area contributed by atoms with Crippen LogP contribution < -0.4 is 11.2 Å². The molecular weight excluding hydrogens is 326 g/mol. The zero-order chi connectivity index (χ0) is 13.3. The average Bonchev–Trinajstić information content (AvgIpc) is 2.35. The fraction of sp³-hybridized carbons (Fsp3) is 0.0909. The minimum atomic E-state index is -0.589. The topological polar surface area (TPSA) is 54.9 Å². The van der Waals surface area contributed by atoms with Crippen LogP contribution in [0.15, 0.2) is 38.5 Å². The largest absolute Gasteiger partial charge is 0.328 e. The molecule has 0 unspecified atom stereocenters. The maximum atomic E-state index is 13.2. The lowest BCUT2D eigenvalue weighted by Gasteiger charge is -2.07. The van der Waals surface area contributed by atoms with Gasteiger partial charge in [0.15, 0.2) is 0 Å². The minimum Gasteiger partial charge on any atom is -0.313 e. The van der Waals surface area contributed by atoms with E-state index in [1.54, 1.807) is 6.07 Å². The van der Waals surface area contributed by atoms with Gasteiger partial charge in [-0.2, -0.15) is 0 Å². The lowest BCUT2D eigenvalue weighted by molar-refractivity contribution is 0.620. The molecule has 18 heavy (non-hydrogen) atoms. The molecule has 1 heterocycles. The van der Waals surface area contributed by atoms with Crippen LogP contribution in [0.4, 0.5) is 4.39 Å². The van der Waals surface area contributed by atoms with Crippen LogP contribution in [0.2, 0.25) is 5.02 Å². The van der Waals surface area contributed by atoms with E-state index in [1.807, 2.05) is 0 Å². The van der Waals surface area contributed by atoms with E-state index in [1.165, 1.54) is 18.3 Å². The first-order valence-corrected chi connectivity index (χ1v) is 6.08. The Morgan fingerprint density at radius 2 is 2.11 bits per heavy atom. The number of halogens is 3. The summed E-state index contributed by atoms with van der Waals surface area (Å²) in [6.07, 6.45) is 1.26. The van der Waals surface area contributed by atoms with E-state index in [9.17, 15) is 14.0 Å². The Balaban J connectivity index is 2.53. The zero-order valence-electron chi connectivity index (χ0n) is 8.91. The fourth-order valence-electron chi connectivity index (χ4n) is 1.47. The second-order valence-corrected chi connectivity index (χ2v) is 4.78. The van der Waals surface area contributed by atoms with Crippen LogP contribution in [0, 0.1) is 5.82 Å². The third kappa shape index (κ3) is 2.39. The quantitative estimate of drug-likeness (QED) is 0.915. The second kappa shape index (κ2) is 5.07. The second-order valence-electron chi connectivity index (χ2n) is 3.55. The molecule has 2 rings (SSSR count). The highest BCUT2D eigenvalue weighted by atomic mass is 79.9. The summed E-state index contributed by atoms with van der Waals surface area (Å²) in [7, 11) is 0. The summed E-state index contributed by atoms with van der Waals surface area (Å²) in [6.45, 7) is -0.0931. The highest BCUT2D eigenvalue weighted by Crippen LogP contribution is 2.19. The molecule has 0 fully saturated rings. The smallest absolute Gasteiger partial charge is 0.313 e. The van der Waals surface area contributed by atoms with Crippen molar-refractivity contribution in [2.75, 3.05) is 0 Å². The number of aromatic nitrogens is 2. The molecule has 0 bridgehead atoms. The first-order chi connectivity index (χ1) is 8.50. The summed E-state index contributed by atoms with van der Waals surface area (Å²) in [6, 6.07) is 4.23. The SMILES string of the molecule is O=c1[nH]cc(Br)c(=O)n1Cc1cccc(F)c1Cl. The number of benzene rings is 1. The van der Waals surface area contributed by atoms with Crippen LogP contribution in [0.1, 0.15) is 5.56 Å². The predicted octanol–water partition coefficient (Wildman–Crippen LogP) is 2.14. The van der Waals surface area contributed by atoms with Crippen LogP contribution in [0.5, 0.6) is 0 Å². The lowest BCUT2D eigenvalue weighted by atomic mass is 10.2. The monoisotopic (exact) mass is 332 g/mol. The Labute approximate surface area is 114 Å². The molecule has 4 nitrogen and oxygen atoms in total. The van der Waals surface area contributed by atoms with E-state index in [-0.39, 0.29) is 16.0 Å². The van der Waals surface area contributed by atoms with E-state index in [4.69, 9.17) is 11.6 Å². The molecule has 2 aromatic rings. The van der Waals surface area contributed by atoms with Gasteiger partial charge < -0.3 is 4.98 Å². The highest BCUT2D eigenvalue weighted by molar-refractivity contribution is 9.10. The van der Waals surface area contributed by atoms with Gasteiger partial charge in [-0.1, -0.05) is 23.7 Å². The standard InChI is InChI=1S/C11H7BrClFN2O2/c12-7-4-15-11(18)16(10(7)17)5-6-2-1-3-8(14)9(6)13/h1-4H,5H2,(H,15,18). The van der Waals surface area contributed by atoms with E-state index < -0.39 is 17.1 Å². The van der Waals surface area contributed by atoms with E-state index >= 15 is 0 Å². The van der Waals surface area contributed by atoms with Gasteiger partial charge in [0.2, 0.25) is 0 Å². The van der Waals surface area contributed by atoms with Crippen molar-refractivity contribution in [3.05, 3.63) is 66.1 Å². The normalized spacial score (nSPS) is 10.6. The molecule has 0 saturated carbocycles. The van der Waals surface area contributed by atoms with Gasteiger partial charge in [0, 0.05) is 6.20 Å². The van der Waals surface area contributed by atoms with Crippen LogP contribution in [0.25, 0.3) is 0 Å². The minimum absolute atomic E-state index is 0.0931. The number of H-pyrrole nitrogens is 1. The number of nitrogens with zero attached hydrogens (tertiary/aromatic N) is 1. The molecule has 0 amide bonds. The summed E-state index contributed by atoms with van der Waals surface area (Å²) in [5, 5.41) is -0.0937. The van der Waals surface area contributed by atoms with Crippen molar-refractivity contribution in [2.24, 2.45) is 0 Å². The summed E-state index contributed by atoms with van der Waals surface area (Å²) in [5.41, 5.74) is -0.718. The van der Waals surface area contributed by atoms with Crippen molar-refractivity contribution in [3.8, 4) is 0 Å². The molecule has 0 aliphatic carbocycles. The van der Waals surface area contributed by atoms with Gasteiger partial charge in [-0.25, -0.2) is 9.18 Å². The number of nitrogens with one attached hydrogen (secondary N) is 1. The molecule has 1 aromatic heterocycles. The molecule has 0 aliphatic rings. The maximum absolute atomic E-state index is 13.2. The summed E-state index contributed by atoms with van der Waals surface area (Å²) >= 11 is 8.79. The van der Waals surface area contributed by atoms with Crippen LogP contribution >= 0.6 is 27.5 Å². The molecule has 0 spiro atoms. The molecule has 0 saturated heterocycles. The van der Waals surface area contributed by atoms with Gasteiger partial charge in [0.1, 0.15) is 5.82 Å². The molecule has 94 valence electrons. The van der Waals surface area contributed by atoms with Gasteiger partial charge in [0.05, 0.1) is 16.0 Å². The van der Waals surface area contributed by atoms with Crippen LogP contribution in [-0.4, -0.2) is 9.55 Å². The van der Waals surface area contributed by atoms with E-state index in [2.05, 4.69) is 20.9 Å². The third-order valence-electron chi connectivity index (χ3n) is 2.38. The van der Waals surface area contributed by atoms with Crippen molar-refractivity contribution in [3.63, 3.8) is 0 Å². The predicted molar refractivity (Wildman–Crippen MR) is 69.5 cm³/mol. The van der Waals surface area contributed by atoms with Crippen molar-refractivity contribution in [1.82, 2.24) is 9.55 Å². The maximum Gasteiger partial charge on any atom is 0.328 e. The molecule has 0 radical (unpaired) electrons. The van der Waals surface area contributed by atoms with Crippen molar-refractivity contribution in [2.45, 2.75) is 6.54 Å². The molecule has 1 N–H and O–H groups in total. The Bertz CT molecular complexity index is 711. The molecule has 1 aromatic carbocycles. The number of hydrogen-bond donors (Lipinski definition) is 1. The van der Waals surface area contributed by atoms with Gasteiger partial charge >= 0.3 is 5.69 Å². The Hall–Kier alpha value is -1.40. The van der Waals surface area contributed by atoms with Gasteiger partial charge in [0.25, 0.3) is 5.56 Å². The Morgan fingerprint density at radius 1 is 1.39 bits per heavy atom. The van der Waals surface area contributed by atoms with Crippen LogP contribution in [0.3, 0.4) is 0 Å². The molecular formula is C11H7BrClFN2O2. The fourth-order valence-corrected chi connectivity index (χ4v) is 1.98. The van der Waals surface area contributed by atoms with Gasteiger partial charge in [-0.3, -0.25) is 9.36 Å². The van der Waals surface area contributed by atoms with Crippen LogP contribution in [-0.2, 0) is 6.54 Å². The zero-order valence-corrected chi connectivity index (χ0v) is 11.3. The number of hydrogen-bond acceptors (Lipinski definition) is 2. The first kappa shape index (κ1) is 13.0. The van der Waals surface area contributed by atoms with Crippen molar-refractivity contribution >= 4 is 27.5 Å². The van der Waals surface area contributed by atoms with E-state index in [0.29, 0.717) is 5.56 Å². The van der Waals surface area contributed by atoms with E-state index in [0.717, 1.165) is 4.57 Å². The molecule has 0 atom stereocenters. The van der Waals surface area contributed by atoms with Gasteiger partial charge in [-0.15, -0.1) is 0 Å². The average molecular weight is 334 g/mol. The molecule has 0 aliphatic heterocycles. The van der Waals surface area contributed by atoms with Crippen molar-refractivity contribution < 1.29 is 4.39 Å². The summed E-state index contributed by atoms with van der Waals surface area (Å²) < 4.78 is 14.4. The van der Waals surface area contributed by atoms with Gasteiger partial charge in [-0.05, 0) is 27.6 Å². The highest BCUT2D eigenvalue weighted by Gasteiger charge is 2.10. The van der Waals surface area contributed by atoms with Crippen molar-refractivity contribution in [1.29, 1.82) is 0 Å². The first-order valence-electron chi connectivity index (χ1n) is 4.91. The number of rotatable bonds is 2.